The van der Waals surface area contributed by atoms with E-state index in [0.29, 0.717) is 18.4 Å². The van der Waals surface area contributed by atoms with Gasteiger partial charge < -0.3 is 15.0 Å². The molecule has 5 nitrogen and oxygen atoms in total. The molecular formula is C13H21N3O2. The van der Waals surface area contributed by atoms with Crippen LogP contribution >= 0.6 is 0 Å². The van der Waals surface area contributed by atoms with Gasteiger partial charge in [0.25, 0.3) is 5.89 Å². The Kier molecular flexibility index (Phi) is 3.61. The van der Waals surface area contributed by atoms with E-state index >= 15 is 0 Å². The Balaban J connectivity index is 1.66. The molecule has 5 heteroatoms. The first-order valence-electron chi connectivity index (χ1n) is 7.06. The van der Waals surface area contributed by atoms with Crippen LogP contribution in [0.2, 0.25) is 0 Å². The minimum absolute atomic E-state index is 0.0385. The molecule has 3 rings (SSSR count). The minimum atomic E-state index is -0.0385. The third-order valence-corrected chi connectivity index (χ3v) is 4.07. The summed E-state index contributed by atoms with van der Waals surface area (Å²) >= 11 is 0. The van der Waals surface area contributed by atoms with Crippen molar-refractivity contribution in [2.45, 2.75) is 63.1 Å². The zero-order chi connectivity index (χ0) is 12.4. The van der Waals surface area contributed by atoms with Crippen LogP contribution in [-0.4, -0.2) is 22.8 Å². The maximum atomic E-state index is 5.78. The maximum Gasteiger partial charge on any atom is 0.255 e. The number of nitrogens with two attached hydrogens (primary N) is 1. The summed E-state index contributed by atoms with van der Waals surface area (Å²) < 4.78 is 11.1. The van der Waals surface area contributed by atoms with Crippen molar-refractivity contribution in [3.05, 3.63) is 11.7 Å². The molecular weight excluding hydrogens is 230 g/mol. The number of hydrogen-bond acceptors (Lipinski definition) is 5. The van der Waals surface area contributed by atoms with E-state index in [-0.39, 0.29) is 12.2 Å². The van der Waals surface area contributed by atoms with Crippen LogP contribution in [0.15, 0.2) is 4.52 Å². The Bertz CT molecular complexity index is 387. The highest BCUT2D eigenvalue weighted by molar-refractivity contribution is 4.99. The summed E-state index contributed by atoms with van der Waals surface area (Å²) in [5, 5.41) is 4.14. The highest BCUT2D eigenvalue weighted by Crippen LogP contribution is 2.34. The van der Waals surface area contributed by atoms with Crippen LogP contribution < -0.4 is 5.73 Å². The smallest absolute Gasteiger partial charge is 0.255 e. The molecule has 0 aromatic carbocycles. The Morgan fingerprint density at radius 2 is 1.94 bits per heavy atom. The van der Waals surface area contributed by atoms with E-state index in [1.807, 2.05) is 0 Å². The summed E-state index contributed by atoms with van der Waals surface area (Å²) in [5.41, 5.74) is 5.60. The molecule has 18 heavy (non-hydrogen) atoms. The average molecular weight is 251 g/mol. The fourth-order valence-electron chi connectivity index (χ4n) is 2.97. The molecule has 2 fully saturated rings. The van der Waals surface area contributed by atoms with Crippen LogP contribution in [-0.2, 0) is 4.74 Å². The van der Waals surface area contributed by atoms with E-state index in [1.54, 1.807) is 0 Å². The van der Waals surface area contributed by atoms with Crippen molar-refractivity contribution in [2.24, 2.45) is 5.73 Å². The van der Waals surface area contributed by atoms with E-state index < -0.39 is 0 Å². The largest absolute Gasteiger partial charge is 0.364 e. The second kappa shape index (κ2) is 5.36. The van der Waals surface area contributed by atoms with E-state index in [9.17, 15) is 0 Å². The second-order valence-electron chi connectivity index (χ2n) is 5.39. The second-order valence-corrected chi connectivity index (χ2v) is 5.39. The Morgan fingerprint density at radius 3 is 2.67 bits per heavy atom. The number of hydrogen-bond donors (Lipinski definition) is 1. The van der Waals surface area contributed by atoms with Crippen LogP contribution in [0.25, 0.3) is 0 Å². The summed E-state index contributed by atoms with van der Waals surface area (Å²) in [6.45, 7) is 0.570. The SMILES string of the molecule is NC[C@@H]1CC[C@H](c2nc(C3CCCCC3)no2)O1. The van der Waals surface area contributed by atoms with E-state index in [4.69, 9.17) is 15.0 Å². The van der Waals surface area contributed by atoms with Crippen molar-refractivity contribution < 1.29 is 9.26 Å². The summed E-state index contributed by atoms with van der Waals surface area (Å²) in [4.78, 5) is 4.54. The maximum absolute atomic E-state index is 5.78. The highest BCUT2D eigenvalue weighted by atomic mass is 16.5. The summed E-state index contributed by atoms with van der Waals surface area (Å²) in [5.74, 6) is 2.01. The van der Waals surface area contributed by atoms with Gasteiger partial charge in [0.1, 0.15) is 6.10 Å². The van der Waals surface area contributed by atoms with Crippen LogP contribution in [0, 0.1) is 0 Å². The van der Waals surface area contributed by atoms with Gasteiger partial charge in [-0.15, -0.1) is 0 Å². The molecule has 0 amide bonds. The summed E-state index contributed by atoms with van der Waals surface area (Å²) in [6, 6.07) is 0. The minimum Gasteiger partial charge on any atom is -0.364 e. The lowest BCUT2D eigenvalue weighted by atomic mass is 9.89. The van der Waals surface area contributed by atoms with Gasteiger partial charge in [-0.2, -0.15) is 4.98 Å². The molecule has 0 unspecified atom stereocenters. The molecule has 2 heterocycles. The molecule has 2 aliphatic rings. The van der Waals surface area contributed by atoms with Gasteiger partial charge in [-0.3, -0.25) is 0 Å². The zero-order valence-electron chi connectivity index (χ0n) is 10.7. The van der Waals surface area contributed by atoms with E-state index in [1.165, 1.54) is 32.1 Å². The topological polar surface area (TPSA) is 74.2 Å². The van der Waals surface area contributed by atoms with Crippen molar-refractivity contribution >= 4 is 0 Å². The number of nitrogens with zero attached hydrogens (tertiary/aromatic N) is 2. The first-order chi connectivity index (χ1) is 8.86. The van der Waals surface area contributed by atoms with Gasteiger partial charge in [-0.25, -0.2) is 0 Å². The van der Waals surface area contributed by atoms with Crippen molar-refractivity contribution in [3.63, 3.8) is 0 Å². The summed E-state index contributed by atoms with van der Waals surface area (Å²) in [7, 11) is 0. The average Bonchev–Trinajstić information content (AvgIpc) is 3.08. The van der Waals surface area contributed by atoms with Gasteiger partial charge in [-0.05, 0) is 25.7 Å². The number of ether oxygens (including phenoxy) is 1. The van der Waals surface area contributed by atoms with Crippen LogP contribution in [0.3, 0.4) is 0 Å². The standard InChI is InChI=1S/C13H21N3O2/c14-8-10-6-7-11(17-10)13-15-12(16-18-13)9-4-2-1-3-5-9/h9-11H,1-8,14H2/t10-,11+/m0/s1. The van der Waals surface area contributed by atoms with Crippen LogP contribution in [0.1, 0.15) is 68.7 Å². The van der Waals surface area contributed by atoms with Crippen molar-refractivity contribution in [1.82, 2.24) is 10.1 Å². The lowest BCUT2D eigenvalue weighted by Gasteiger charge is -2.17. The fourth-order valence-corrected chi connectivity index (χ4v) is 2.97. The molecule has 1 aromatic rings. The quantitative estimate of drug-likeness (QED) is 0.892. The lowest BCUT2D eigenvalue weighted by molar-refractivity contribution is 0.0307. The van der Waals surface area contributed by atoms with Crippen molar-refractivity contribution in [2.75, 3.05) is 6.54 Å². The third kappa shape index (κ3) is 2.42. The van der Waals surface area contributed by atoms with Crippen LogP contribution in [0.4, 0.5) is 0 Å². The molecule has 1 aromatic heterocycles. The van der Waals surface area contributed by atoms with Gasteiger partial charge in [0, 0.05) is 12.5 Å². The molecule has 1 saturated heterocycles. The molecule has 1 aliphatic heterocycles. The van der Waals surface area contributed by atoms with E-state index in [0.717, 1.165) is 18.7 Å². The Hall–Kier alpha value is -0.940. The van der Waals surface area contributed by atoms with Gasteiger partial charge in [0.2, 0.25) is 0 Å². The fraction of sp³-hybridized carbons (Fsp3) is 0.846. The predicted molar refractivity (Wildman–Crippen MR) is 66.0 cm³/mol. The van der Waals surface area contributed by atoms with Crippen molar-refractivity contribution in [1.29, 1.82) is 0 Å². The molecule has 100 valence electrons. The molecule has 0 radical (unpaired) electrons. The number of aromatic nitrogens is 2. The zero-order valence-corrected chi connectivity index (χ0v) is 10.7. The molecule has 1 aliphatic carbocycles. The molecule has 2 N–H and O–H groups in total. The molecule has 0 spiro atoms. The molecule has 0 bridgehead atoms. The monoisotopic (exact) mass is 251 g/mol. The first-order valence-corrected chi connectivity index (χ1v) is 7.06. The van der Waals surface area contributed by atoms with Crippen molar-refractivity contribution in [3.8, 4) is 0 Å². The number of rotatable bonds is 3. The van der Waals surface area contributed by atoms with E-state index in [2.05, 4.69) is 10.1 Å². The normalized spacial score (nSPS) is 29.8. The third-order valence-electron chi connectivity index (χ3n) is 4.07. The van der Waals surface area contributed by atoms with Gasteiger partial charge in [0.05, 0.1) is 6.10 Å². The first kappa shape index (κ1) is 12.1. The molecule has 2 atom stereocenters. The Morgan fingerprint density at radius 1 is 1.11 bits per heavy atom. The highest BCUT2D eigenvalue weighted by Gasteiger charge is 2.31. The van der Waals surface area contributed by atoms with Gasteiger partial charge >= 0.3 is 0 Å². The van der Waals surface area contributed by atoms with Crippen LogP contribution in [0.5, 0.6) is 0 Å². The van der Waals surface area contributed by atoms with Gasteiger partial charge in [-0.1, -0.05) is 24.4 Å². The predicted octanol–water partition coefficient (Wildman–Crippen LogP) is 2.30. The lowest BCUT2D eigenvalue weighted by Crippen LogP contribution is -2.18. The molecule has 1 saturated carbocycles. The summed E-state index contributed by atoms with van der Waals surface area (Å²) in [6.07, 6.45) is 8.32. The van der Waals surface area contributed by atoms with Gasteiger partial charge in [0.15, 0.2) is 5.82 Å². The Labute approximate surface area is 107 Å².